The number of halogens is 1. The summed E-state index contributed by atoms with van der Waals surface area (Å²) in [4.78, 5) is 29.7. The Morgan fingerprint density at radius 3 is 2.14 bits per heavy atom. The Morgan fingerprint density at radius 1 is 0.841 bits per heavy atom. The number of aryl methyl sites for hydroxylation is 1. The molecule has 4 rings (SSSR count). The molecule has 0 radical (unpaired) electrons. The molecule has 230 valence electrons. The van der Waals surface area contributed by atoms with Crippen LogP contribution in [0.15, 0.2) is 114 Å². The Morgan fingerprint density at radius 2 is 1.50 bits per heavy atom. The van der Waals surface area contributed by atoms with Crippen molar-refractivity contribution >= 4 is 39.1 Å². The molecule has 1 unspecified atom stereocenters. The molecule has 0 aromatic heterocycles. The number of unbranched alkanes of at least 4 members (excludes halogenated alkanes) is 1. The number of carbonyl (C=O) groups excluding carboxylic acids is 2. The number of hydrogen-bond donors (Lipinski definition) is 1. The lowest BCUT2D eigenvalue weighted by Gasteiger charge is -2.34. The van der Waals surface area contributed by atoms with Crippen LogP contribution in [-0.4, -0.2) is 44.3 Å². The highest BCUT2D eigenvalue weighted by atomic mass is 35.5. The number of amides is 2. The molecule has 1 N–H and O–H groups in total. The van der Waals surface area contributed by atoms with Crippen LogP contribution in [0.4, 0.5) is 5.69 Å². The van der Waals surface area contributed by atoms with Gasteiger partial charge in [0.05, 0.1) is 10.6 Å². The SMILES string of the molecule is CCCCNC(=O)C(Cc1ccccc1)N(Cc1ccc(C)cc1)C(=O)CN(c1cccc(Cl)c1)S(=O)(=O)c1ccccc1. The maximum Gasteiger partial charge on any atom is 0.264 e. The van der Waals surface area contributed by atoms with E-state index in [4.69, 9.17) is 11.6 Å². The summed E-state index contributed by atoms with van der Waals surface area (Å²) in [5.41, 5.74) is 3.01. The highest BCUT2D eigenvalue weighted by Crippen LogP contribution is 2.27. The monoisotopic (exact) mass is 631 g/mol. The van der Waals surface area contributed by atoms with Crippen molar-refractivity contribution in [2.75, 3.05) is 17.4 Å². The number of hydrogen-bond acceptors (Lipinski definition) is 4. The van der Waals surface area contributed by atoms with Crippen LogP contribution in [0.25, 0.3) is 0 Å². The molecule has 44 heavy (non-hydrogen) atoms. The minimum absolute atomic E-state index is 0.0380. The Balaban J connectivity index is 1.78. The fourth-order valence-corrected chi connectivity index (χ4v) is 6.44. The van der Waals surface area contributed by atoms with Gasteiger partial charge in [-0.3, -0.25) is 13.9 Å². The maximum atomic E-state index is 14.4. The summed E-state index contributed by atoms with van der Waals surface area (Å²) in [7, 11) is -4.17. The normalized spacial score (nSPS) is 11.9. The molecule has 0 saturated carbocycles. The first kappa shape index (κ1) is 32.8. The molecule has 9 heteroatoms. The van der Waals surface area contributed by atoms with Gasteiger partial charge in [0.2, 0.25) is 11.8 Å². The first-order valence-corrected chi connectivity index (χ1v) is 16.5. The van der Waals surface area contributed by atoms with E-state index in [1.165, 1.54) is 23.1 Å². The van der Waals surface area contributed by atoms with E-state index in [1.54, 1.807) is 36.4 Å². The van der Waals surface area contributed by atoms with Gasteiger partial charge >= 0.3 is 0 Å². The molecular formula is C35H38ClN3O4S. The van der Waals surface area contributed by atoms with E-state index in [0.29, 0.717) is 11.6 Å². The van der Waals surface area contributed by atoms with Gasteiger partial charge in [-0.05, 0) is 54.8 Å². The van der Waals surface area contributed by atoms with Crippen molar-refractivity contribution in [3.63, 3.8) is 0 Å². The molecule has 4 aromatic rings. The third-order valence-corrected chi connectivity index (χ3v) is 9.30. The predicted molar refractivity (Wildman–Crippen MR) is 176 cm³/mol. The number of nitrogens with zero attached hydrogens (tertiary/aromatic N) is 2. The van der Waals surface area contributed by atoms with E-state index in [1.807, 2.05) is 68.4 Å². The molecule has 0 aliphatic heterocycles. The van der Waals surface area contributed by atoms with E-state index in [0.717, 1.165) is 33.8 Å². The standard InChI is InChI=1S/C35H38ClN3O4S/c1-3-4-22-37-35(41)33(23-28-12-7-5-8-13-28)38(25-29-20-18-27(2)19-21-29)34(40)26-39(31-15-11-14-30(36)24-31)44(42,43)32-16-9-6-10-17-32/h5-21,24,33H,3-4,22-23,25-26H2,1-2H3,(H,37,41). The summed E-state index contributed by atoms with van der Waals surface area (Å²) in [5.74, 6) is -0.806. The van der Waals surface area contributed by atoms with Crippen molar-refractivity contribution in [2.24, 2.45) is 0 Å². The van der Waals surface area contributed by atoms with Gasteiger partial charge in [-0.1, -0.05) is 109 Å². The van der Waals surface area contributed by atoms with Crippen molar-refractivity contribution in [2.45, 2.75) is 50.6 Å². The van der Waals surface area contributed by atoms with Crippen LogP contribution in [0, 0.1) is 6.92 Å². The van der Waals surface area contributed by atoms with Crippen LogP contribution in [0.1, 0.15) is 36.5 Å². The van der Waals surface area contributed by atoms with E-state index in [-0.39, 0.29) is 29.5 Å². The maximum absolute atomic E-state index is 14.4. The zero-order chi connectivity index (χ0) is 31.5. The highest BCUT2D eigenvalue weighted by Gasteiger charge is 2.34. The third kappa shape index (κ3) is 8.71. The predicted octanol–water partition coefficient (Wildman–Crippen LogP) is 6.40. The van der Waals surface area contributed by atoms with Gasteiger partial charge in [0.1, 0.15) is 12.6 Å². The second-order valence-corrected chi connectivity index (χ2v) is 13.0. The molecule has 0 aliphatic rings. The van der Waals surface area contributed by atoms with Gasteiger partial charge < -0.3 is 10.2 Å². The Hall–Kier alpha value is -4.14. The van der Waals surface area contributed by atoms with Crippen molar-refractivity contribution in [3.05, 3.63) is 131 Å². The minimum Gasteiger partial charge on any atom is -0.354 e. The van der Waals surface area contributed by atoms with Crippen molar-refractivity contribution < 1.29 is 18.0 Å². The van der Waals surface area contributed by atoms with E-state index in [2.05, 4.69) is 5.32 Å². The summed E-state index contributed by atoms with van der Waals surface area (Å²) in [6.45, 7) is 4.08. The molecule has 0 bridgehead atoms. The number of carbonyl (C=O) groups is 2. The van der Waals surface area contributed by atoms with Gasteiger partial charge in [-0.25, -0.2) is 8.42 Å². The zero-order valence-corrected chi connectivity index (χ0v) is 26.6. The van der Waals surface area contributed by atoms with E-state index >= 15 is 0 Å². The van der Waals surface area contributed by atoms with Gasteiger partial charge in [0.15, 0.2) is 0 Å². The molecule has 0 spiro atoms. The smallest absolute Gasteiger partial charge is 0.264 e. The van der Waals surface area contributed by atoms with Crippen LogP contribution in [0.3, 0.4) is 0 Å². The average Bonchev–Trinajstić information content (AvgIpc) is 3.03. The molecule has 1 atom stereocenters. The molecule has 0 heterocycles. The first-order valence-electron chi connectivity index (χ1n) is 14.7. The molecule has 0 aliphatic carbocycles. The number of anilines is 1. The van der Waals surface area contributed by atoms with Crippen molar-refractivity contribution in [1.29, 1.82) is 0 Å². The summed E-state index contributed by atoms with van der Waals surface area (Å²) in [5, 5.41) is 3.33. The number of rotatable bonds is 14. The topological polar surface area (TPSA) is 86.8 Å². The first-order chi connectivity index (χ1) is 21.2. The molecule has 0 fully saturated rings. The van der Waals surface area contributed by atoms with Crippen LogP contribution in [0.5, 0.6) is 0 Å². The van der Waals surface area contributed by atoms with Gasteiger partial charge in [-0.2, -0.15) is 0 Å². The molecule has 2 amide bonds. The average molecular weight is 632 g/mol. The van der Waals surface area contributed by atoms with Crippen LogP contribution < -0.4 is 9.62 Å². The van der Waals surface area contributed by atoms with Crippen molar-refractivity contribution in [1.82, 2.24) is 10.2 Å². The second-order valence-electron chi connectivity index (χ2n) is 10.7. The second kappa shape index (κ2) is 15.5. The summed E-state index contributed by atoms with van der Waals surface area (Å²) in [6, 6.07) is 30.7. The minimum atomic E-state index is -4.17. The molecule has 7 nitrogen and oxygen atoms in total. The lowest BCUT2D eigenvalue weighted by molar-refractivity contribution is -0.140. The Kier molecular flexibility index (Phi) is 11.6. The van der Waals surface area contributed by atoms with E-state index < -0.39 is 28.5 Å². The van der Waals surface area contributed by atoms with Crippen LogP contribution in [0.2, 0.25) is 5.02 Å². The van der Waals surface area contributed by atoms with Gasteiger partial charge in [0, 0.05) is 24.5 Å². The third-order valence-electron chi connectivity index (χ3n) is 7.28. The number of benzene rings is 4. The summed E-state index contributed by atoms with van der Waals surface area (Å²) in [6.07, 6.45) is 1.97. The quantitative estimate of drug-likeness (QED) is 0.163. The van der Waals surface area contributed by atoms with Gasteiger partial charge in [-0.15, -0.1) is 0 Å². The fourth-order valence-electron chi connectivity index (χ4n) is 4.83. The molecule has 4 aromatic carbocycles. The molecule has 0 saturated heterocycles. The summed E-state index contributed by atoms with van der Waals surface area (Å²) < 4.78 is 29.1. The zero-order valence-electron chi connectivity index (χ0n) is 25.0. The lowest BCUT2D eigenvalue weighted by atomic mass is 10.0. The Bertz CT molecular complexity index is 1630. The van der Waals surface area contributed by atoms with Crippen LogP contribution >= 0.6 is 11.6 Å². The van der Waals surface area contributed by atoms with Crippen molar-refractivity contribution in [3.8, 4) is 0 Å². The van der Waals surface area contributed by atoms with Gasteiger partial charge in [0.25, 0.3) is 10.0 Å². The summed E-state index contributed by atoms with van der Waals surface area (Å²) >= 11 is 6.28. The molecular weight excluding hydrogens is 594 g/mol. The largest absolute Gasteiger partial charge is 0.354 e. The highest BCUT2D eigenvalue weighted by molar-refractivity contribution is 7.92. The van der Waals surface area contributed by atoms with Crippen LogP contribution in [-0.2, 0) is 32.6 Å². The fraction of sp³-hybridized carbons (Fsp3) is 0.257. The van der Waals surface area contributed by atoms with E-state index in [9.17, 15) is 18.0 Å². The number of sulfonamides is 1. The Labute approximate surface area is 265 Å². The number of nitrogens with one attached hydrogen (secondary N) is 1. The lowest BCUT2D eigenvalue weighted by Crippen LogP contribution is -2.53.